The third-order valence-corrected chi connectivity index (χ3v) is 3.29. The van der Waals surface area contributed by atoms with Crippen LogP contribution in [-0.4, -0.2) is 44.3 Å². The Morgan fingerprint density at radius 2 is 2.00 bits per heavy atom. The van der Waals surface area contributed by atoms with Gasteiger partial charge in [0.05, 0.1) is 13.2 Å². The van der Waals surface area contributed by atoms with E-state index in [1.807, 2.05) is 6.92 Å². The van der Waals surface area contributed by atoms with Gasteiger partial charge in [0.1, 0.15) is 6.04 Å². The van der Waals surface area contributed by atoms with E-state index in [-0.39, 0.29) is 24.2 Å². The van der Waals surface area contributed by atoms with Crippen molar-refractivity contribution in [2.75, 3.05) is 20.3 Å². The molecule has 0 aromatic rings. The zero-order chi connectivity index (χ0) is 13.5. The molecule has 1 rings (SSSR count). The maximum Gasteiger partial charge on any atom is 0.328 e. The Morgan fingerprint density at radius 1 is 1.42 bits per heavy atom. The SMILES string of the molecule is CCC(NC(=O)C(N)C1CCOCC1)C(=O)OC.Cl. The largest absolute Gasteiger partial charge is 0.467 e. The molecule has 0 spiro atoms. The Morgan fingerprint density at radius 3 is 2.47 bits per heavy atom. The Hall–Kier alpha value is -0.850. The summed E-state index contributed by atoms with van der Waals surface area (Å²) in [5.41, 5.74) is 5.92. The van der Waals surface area contributed by atoms with Crippen molar-refractivity contribution in [1.29, 1.82) is 0 Å². The van der Waals surface area contributed by atoms with Crippen LogP contribution in [0.5, 0.6) is 0 Å². The summed E-state index contributed by atoms with van der Waals surface area (Å²) in [5.74, 6) is -0.613. The van der Waals surface area contributed by atoms with Crippen LogP contribution in [-0.2, 0) is 19.1 Å². The van der Waals surface area contributed by atoms with E-state index in [0.717, 1.165) is 12.8 Å². The molecule has 2 unspecified atom stereocenters. The zero-order valence-electron chi connectivity index (χ0n) is 11.4. The lowest BCUT2D eigenvalue weighted by Gasteiger charge is -2.27. The number of nitrogens with two attached hydrogens (primary N) is 1. The monoisotopic (exact) mass is 294 g/mol. The average molecular weight is 295 g/mol. The Labute approximate surface area is 119 Å². The van der Waals surface area contributed by atoms with E-state index >= 15 is 0 Å². The Balaban J connectivity index is 0.00000324. The van der Waals surface area contributed by atoms with Crippen LogP contribution in [0.1, 0.15) is 26.2 Å². The lowest BCUT2D eigenvalue weighted by Crippen LogP contribution is -2.52. The molecule has 2 atom stereocenters. The lowest BCUT2D eigenvalue weighted by atomic mass is 9.91. The minimum Gasteiger partial charge on any atom is -0.467 e. The summed E-state index contributed by atoms with van der Waals surface area (Å²) in [5, 5.41) is 2.64. The van der Waals surface area contributed by atoms with Crippen LogP contribution < -0.4 is 11.1 Å². The normalized spacial score (nSPS) is 18.9. The number of hydrogen-bond donors (Lipinski definition) is 2. The van der Waals surface area contributed by atoms with Gasteiger partial charge in [-0.05, 0) is 25.2 Å². The standard InChI is InChI=1S/C12H22N2O4.ClH/c1-3-9(12(16)17-2)14-11(15)10(13)8-4-6-18-7-5-8;/h8-10H,3-7,13H2,1-2H3,(H,14,15);1H. The molecule has 1 aliphatic heterocycles. The molecule has 1 aliphatic rings. The molecule has 0 saturated carbocycles. The second kappa shape index (κ2) is 9.12. The van der Waals surface area contributed by atoms with E-state index in [2.05, 4.69) is 10.1 Å². The van der Waals surface area contributed by atoms with Crippen LogP contribution in [0.25, 0.3) is 0 Å². The molecule has 6 nitrogen and oxygen atoms in total. The first-order valence-corrected chi connectivity index (χ1v) is 6.31. The van der Waals surface area contributed by atoms with Gasteiger partial charge in [-0.3, -0.25) is 4.79 Å². The van der Waals surface area contributed by atoms with Gasteiger partial charge in [0, 0.05) is 13.2 Å². The van der Waals surface area contributed by atoms with Gasteiger partial charge in [0.2, 0.25) is 5.91 Å². The van der Waals surface area contributed by atoms with E-state index in [0.29, 0.717) is 19.6 Å². The molecule has 0 radical (unpaired) electrons. The summed E-state index contributed by atoms with van der Waals surface area (Å²) >= 11 is 0. The highest BCUT2D eigenvalue weighted by Gasteiger charge is 2.29. The molecule has 0 aromatic heterocycles. The molecule has 3 N–H and O–H groups in total. The summed E-state index contributed by atoms with van der Waals surface area (Å²) in [6.45, 7) is 3.08. The van der Waals surface area contributed by atoms with Gasteiger partial charge in [-0.2, -0.15) is 0 Å². The number of carbonyl (C=O) groups excluding carboxylic acids is 2. The Kier molecular flexibility index (Phi) is 8.71. The quantitative estimate of drug-likeness (QED) is 0.708. The van der Waals surface area contributed by atoms with Crippen molar-refractivity contribution in [3.8, 4) is 0 Å². The highest BCUT2D eigenvalue weighted by Crippen LogP contribution is 2.17. The van der Waals surface area contributed by atoms with Gasteiger partial charge in [-0.1, -0.05) is 6.92 Å². The zero-order valence-corrected chi connectivity index (χ0v) is 12.2. The van der Waals surface area contributed by atoms with Crippen molar-refractivity contribution in [2.24, 2.45) is 11.7 Å². The molecular formula is C12H23ClN2O4. The van der Waals surface area contributed by atoms with Gasteiger partial charge in [-0.25, -0.2) is 4.79 Å². The van der Waals surface area contributed by atoms with Crippen LogP contribution in [0.3, 0.4) is 0 Å². The molecule has 112 valence electrons. The van der Waals surface area contributed by atoms with Crippen LogP contribution in [0.15, 0.2) is 0 Å². The lowest BCUT2D eigenvalue weighted by molar-refractivity contribution is -0.145. The fourth-order valence-corrected chi connectivity index (χ4v) is 2.03. The van der Waals surface area contributed by atoms with Crippen molar-refractivity contribution < 1.29 is 19.1 Å². The predicted molar refractivity (Wildman–Crippen MR) is 73.0 cm³/mol. The first-order valence-electron chi connectivity index (χ1n) is 6.31. The first kappa shape index (κ1) is 18.1. The molecule has 7 heteroatoms. The summed E-state index contributed by atoms with van der Waals surface area (Å²) in [4.78, 5) is 23.3. The fourth-order valence-electron chi connectivity index (χ4n) is 2.03. The molecule has 1 saturated heterocycles. The molecule has 0 aromatic carbocycles. The summed E-state index contributed by atoms with van der Waals surface area (Å²) in [6, 6.07) is -1.21. The number of halogens is 1. The first-order chi connectivity index (χ1) is 8.60. The number of ether oxygens (including phenoxy) is 2. The highest BCUT2D eigenvalue weighted by atomic mass is 35.5. The minimum absolute atomic E-state index is 0. The van der Waals surface area contributed by atoms with Crippen molar-refractivity contribution in [1.82, 2.24) is 5.32 Å². The number of methoxy groups -OCH3 is 1. The Bertz CT molecular complexity index is 295. The van der Waals surface area contributed by atoms with Gasteiger partial charge in [0.15, 0.2) is 0 Å². The second-order valence-electron chi connectivity index (χ2n) is 4.47. The fraction of sp³-hybridized carbons (Fsp3) is 0.833. The molecule has 1 amide bonds. The topological polar surface area (TPSA) is 90.7 Å². The number of carbonyl (C=O) groups is 2. The second-order valence-corrected chi connectivity index (χ2v) is 4.47. The average Bonchev–Trinajstić information content (AvgIpc) is 2.43. The van der Waals surface area contributed by atoms with E-state index in [4.69, 9.17) is 10.5 Å². The number of esters is 1. The smallest absolute Gasteiger partial charge is 0.328 e. The molecule has 1 fully saturated rings. The van der Waals surface area contributed by atoms with Crippen LogP contribution >= 0.6 is 12.4 Å². The molecular weight excluding hydrogens is 272 g/mol. The van der Waals surface area contributed by atoms with Gasteiger partial charge in [-0.15, -0.1) is 12.4 Å². The highest BCUT2D eigenvalue weighted by molar-refractivity contribution is 5.87. The predicted octanol–water partition coefficient (Wildman–Crippen LogP) is 0.230. The van der Waals surface area contributed by atoms with Gasteiger partial charge in [0.25, 0.3) is 0 Å². The van der Waals surface area contributed by atoms with Crippen LogP contribution in [0.4, 0.5) is 0 Å². The number of amides is 1. The van der Waals surface area contributed by atoms with E-state index < -0.39 is 18.1 Å². The summed E-state index contributed by atoms with van der Waals surface area (Å²) < 4.78 is 9.84. The van der Waals surface area contributed by atoms with Crippen molar-refractivity contribution in [2.45, 2.75) is 38.3 Å². The molecule has 0 aliphatic carbocycles. The van der Waals surface area contributed by atoms with E-state index in [1.165, 1.54) is 7.11 Å². The maximum atomic E-state index is 11.9. The minimum atomic E-state index is -0.617. The van der Waals surface area contributed by atoms with Gasteiger partial charge < -0.3 is 20.5 Å². The third kappa shape index (κ3) is 5.34. The number of hydrogen-bond acceptors (Lipinski definition) is 5. The maximum absolute atomic E-state index is 11.9. The van der Waals surface area contributed by atoms with E-state index in [1.54, 1.807) is 0 Å². The summed E-state index contributed by atoms with van der Waals surface area (Å²) in [6.07, 6.45) is 2.05. The van der Waals surface area contributed by atoms with Crippen molar-refractivity contribution in [3.05, 3.63) is 0 Å². The molecule has 0 bridgehead atoms. The van der Waals surface area contributed by atoms with Gasteiger partial charge >= 0.3 is 5.97 Å². The number of rotatable bonds is 5. The van der Waals surface area contributed by atoms with E-state index in [9.17, 15) is 9.59 Å². The van der Waals surface area contributed by atoms with Crippen LogP contribution in [0.2, 0.25) is 0 Å². The molecule has 1 heterocycles. The van der Waals surface area contributed by atoms with Crippen molar-refractivity contribution >= 4 is 24.3 Å². The number of nitrogens with one attached hydrogen (secondary N) is 1. The third-order valence-electron chi connectivity index (χ3n) is 3.29. The molecule has 19 heavy (non-hydrogen) atoms. The van der Waals surface area contributed by atoms with Crippen molar-refractivity contribution in [3.63, 3.8) is 0 Å². The summed E-state index contributed by atoms with van der Waals surface area (Å²) in [7, 11) is 1.30. The van der Waals surface area contributed by atoms with Crippen LogP contribution in [0, 0.1) is 5.92 Å².